The van der Waals surface area contributed by atoms with Gasteiger partial charge in [-0.1, -0.05) is 12.1 Å². The lowest BCUT2D eigenvalue weighted by Crippen LogP contribution is -2.43. The molecule has 0 heterocycles. The second-order valence-corrected chi connectivity index (χ2v) is 10.2. The van der Waals surface area contributed by atoms with Crippen LogP contribution in [0.2, 0.25) is 0 Å². The summed E-state index contributed by atoms with van der Waals surface area (Å²) in [4.78, 5) is 24.7. The number of hydrogen-bond acceptors (Lipinski definition) is 6. The van der Waals surface area contributed by atoms with E-state index in [0.29, 0.717) is 18.7 Å². The Morgan fingerprint density at radius 1 is 0.943 bits per heavy atom. The van der Waals surface area contributed by atoms with E-state index >= 15 is 0 Å². The Labute approximate surface area is 209 Å². The minimum absolute atomic E-state index is 0.00595. The van der Waals surface area contributed by atoms with Gasteiger partial charge < -0.3 is 24.8 Å². The summed E-state index contributed by atoms with van der Waals surface area (Å²) in [6, 6.07) is 11.5. The summed E-state index contributed by atoms with van der Waals surface area (Å²) >= 11 is 0. The number of amides is 1. The first-order chi connectivity index (χ1) is 16.3. The Hall–Kier alpha value is -3.06. The number of esters is 1. The molecule has 0 spiro atoms. The molecule has 7 nitrogen and oxygen atoms in total. The van der Waals surface area contributed by atoms with Gasteiger partial charge in [-0.05, 0) is 102 Å². The van der Waals surface area contributed by atoms with Crippen molar-refractivity contribution in [2.45, 2.75) is 79.1 Å². The molecular formula is C28H40N2O5. The Balaban J connectivity index is 1.74. The third-order valence-corrected chi connectivity index (χ3v) is 5.29. The van der Waals surface area contributed by atoms with Crippen LogP contribution in [0.1, 0.15) is 64.2 Å². The zero-order chi connectivity index (χ0) is 26.2. The van der Waals surface area contributed by atoms with Crippen LogP contribution >= 0.6 is 0 Å². The SMILES string of the molecule is COc1cc(C)c(NC(=O)CCCNCc2ccc(OC(C)(C)C(=O)OC(C)(C)C)cc2)cc1C. The maximum atomic E-state index is 12.4. The molecule has 2 rings (SSSR count). The minimum atomic E-state index is -1.09. The number of hydrogen-bond donors (Lipinski definition) is 2. The van der Waals surface area contributed by atoms with E-state index < -0.39 is 17.2 Å². The molecule has 0 atom stereocenters. The first-order valence-electron chi connectivity index (χ1n) is 12.0. The number of benzene rings is 2. The Morgan fingerprint density at radius 3 is 2.20 bits per heavy atom. The molecule has 2 aromatic carbocycles. The van der Waals surface area contributed by atoms with Gasteiger partial charge in [-0.2, -0.15) is 0 Å². The molecule has 35 heavy (non-hydrogen) atoms. The molecule has 2 aromatic rings. The first-order valence-corrected chi connectivity index (χ1v) is 12.0. The van der Waals surface area contributed by atoms with Gasteiger partial charge in [0.25, 0.3) is 0 Å². The Bertz CT molecular complexity index is 1010. The van der Waals surface area contributed by atoms with Gasteiger partial charge in [0.1, 0.15) is 17.1 Å². The van der Waals surface area contributed by atoms with Crippen LogP contribution < -0.4 is 20.1 Å². The van der Waals surface area contributed by atoms with Crippen LogP contribution in [0.3, 0.4) is 0 Å². The molecule has 0 saturated carbocycles. The van der Waals surface area contributed by atoms with Gasteiger partial charge >= 0.3 is 5.97 Å². The van der Waals surface area contributed by atoms with Crippen LogP contribution in [0.5, 0.6) is 11.5 Å². The number of aryl methyl sites for hydroxylation is 2. The average Bonchev–Trinajstić information content (AvgIpc) is 2.75. The molecule has 0 radical (unpaired) electrons. The number of methoxy groups -OCH3 is 1. The molecule has 0 unspecified atom stereocenters. The summed E-state index contributed by atoms with van der Waals surface area (Å²) in [6.45, 7) is 14.2. The standard InChI is InChI=1S/C28H40N2O5/c1-19-17-24(33-8)20(2)16-23(19)30-25(31)10-9-15-29-18-21-11-13-22(14-12-21)34-28(6,7)26(32)35-27(3,4)5/h11-14,16-17,29H,9-10,15,18H2,1-8H3,(H,30,31). The number of carbonyl (C=O) groups is 2. The van der Waals surface area contributed by atoms with Gasteiger partial charge in [-0.25, -0.2) is 4.79 Å². The van der Waals surface area contributed by atoms with E-state index in [-0.39, 0.29) is 5.91 Å². The maximum Gasteiger partial charge on any atom is 0.350 e. The molecule has 7 heteroatoms. The van der Waals surface area contributed by atoms with Gasteiger partial charge in [-0.3, -0.25) is 4.79 Å². The minimum Gasteiger partial charge on any atom is -0.496 e. The summed E-state index contributed by atoms with van der Waals surface area (Å²) in [5, 5.41) is 6.34. The van der Waals surface area contributed by atoms with Crippen LogP contribution in [-0.4, -0.2) is 36.7 Å². The summed E-state index contributed by atoms with van der Waals surface area (Å²) in [5.74, 6) is 1.01. The van der Waals surface area contributed by atoms with E-state index in [2.05, 4.69) is 10.6 Å². The van der Waals surface area contributed by atoms with Crippen LogP contribution in [-0.2, 0) is 20.9 Å². The molecule has 0 aliphatic heterocycles. The maximum absolute atomic E-state index is 12.4. The summed E-state index contributed by atoms with van der Waals surface area (Å²) < 4.78 is 16.6. The van der Waals surface area contributed by atoms with Crippen molar-refractivity contribution in [1.29, 1.82) is 0 Å². The molecule has 2 N–H and O–H groups in total. The van der Waals surface area contributed by atoms with Gasteiger partial charge in [-0.15, -0.1) is 0 Å². The fourth-order valence-electron chi connectivity index (χ4n) is 3.38. The van der Waals surface area contributed by atoms with E-state index in [1.165, 1.54) is 0 Å². The van der Waals surface area contributed by atoms with E-state index in [1.807, 2.05) is 71.0 Å². The summed E-state index contributed by atoms with van der Waals surface area (Å²) in [6.07, 6.45) is 1.16. The molecule has 0 aliphatic carbocycles. The lowest BCUT2D eigenvalue weighted by Gasteiger charge is -2.29. The molecule has 1 amide bonds. The largest absolute Gasteiger partial charge is 0.496 e. The highest BCUT2D eigenvalue weighted by atomic mass is 16.6. The number of ether oxygens (including phenoxy) is 3. The van der Waals surface area contributed by atoms with Crippen molar-refractivity contribution in [2.24, 2.45) is 0 Å². The molecule has 0 fully saturated rings. The second-order valence-electron chi connectivity index (χ2n) is 10.2. The third-order valence-electron chi connectivity index (χ3n) is 5.29. The lowest BCUT2D eigenvalue weighted by molar-refractivity contribution is -0.170. The fraction of sp³-hybridized carbons (Fsp3) is 0.500. The smallest absolute Gasteiger partial charge is 0.350 e. The van der Waals surface area contributed by atoms with Gasteiger partial charge in [0.15, 0.2) is 5.60 Å². The third kappa shape index (κ3) is 9.25. The number of nitrogens with one attached hydrogen (secondary N) is 2. The topological polar surface area (TPSA) is 85.9 Å². The predicted octanol–water partition coefficient (Wildman–Crippen LogP) is 5.32. The highest BCUT2D eigenvalue weighted by Crippen LogP contribution is 2.26. The zero-order valence-corrected chi connectivity index (χ0v) is 22.3. The Kier molecular flexibility index (Phi) is 9.72. The van der Waals surface area contributed by atoms with Crippen LogP contribution in [0.4, 0.5) is 5.69 Å². The highest BCUT2D eigenvalue weighted by Gasteiger charge is 2.34. The van der Waals surface area contributed by atoms with Crippen LogP contribution in [0, 0.1) is 13.8 Å². The summed E-state index contributed by atoms with van der Waals surface area (Å²) in [7, 11) is 1.64. The molecule has 0 aromatic heterocycles. The molecule has 0 bridgehead atoms. The number of carbonyl (C=O) groups excluding carboxylic acids is 2. The van der Waals surface area contributed by atoms with Gasteiger partial charge in [0, 0.05) is 18.7 Å². The summed E-state index contributed by atoms with van der Waals surface area (Å²) in [5.41, 5.74) is 2.21. The average molecular weight is 485 g/mol. The van der Waals surface area contributed by atoms with Crippen molar-refractivity contribution in [3.05, 3.63) is 53.1 Å². The van der Waals surface area contributed by atoms with Gasteiger partial charge in [0.05, 0.1) is 7.11 Å². The van der Waals surface area contributed by atoms with Crippen molar-refractivity contribution >= 4 is 17.6 Å². The van der Waals surface area contributed by atoms with Crippen molar-refractivity contribution < 1.29 is 23.8 Å². The van der Waals surface area contributed by atoms with E-state index in [1.54, 1.807) is 21.0 Å². The number of anilines is 1. The highest BCUT2D eigenvalue weighted by molar-refractivity contribution is 5.91. The van der Waals surface area contributed by atoms with E-state index in [9.17, 15) is 9.59 Å². The zero-order valence-electron chi connectivity index (χ0n) is 22.3. The van der Waals surface area contributed by atoms with E-state index in [4.69, 9.17) is 14.2 Å². The predicted molar refractivity (Wildman–Crippen MR) is 139 cm³/mol. The molecule has 192 valence electrons. The van der Waals surface area contributed by atoms with Crippen LogP contribution in [0.25, 0.3) is 0 Å². The Morgan fingerprint density at radius 2 is 1.60 bits per heavy atom. The van der Waals surface area contributed by atoms with Crippen molar-refractivity contribution in [2.75, 3.05) is 19.0 Å². The number of rotatable bonds is 11. The van der Waals surface area contributed by atoms with Crippen molar-refractivity contribution in [1.82, 2.24) is 5.32 Å². The van der Waals surface area contributed by atoms with E-state index in [0.717, 1.165) is 41.1 Å². The van der Waals surface area contributed by atoms with Crippen LogP contribution in [0.15, 0.2) is 36.4 Å². The normalized spacial score (nSPS) is 11.7. The molecule has 0 saturated heterocycles. The second kappa shape index (κ2) is 12.1. The molecular weight excluding hydrogens is 444 g/mol. The first kappa shape index (κ1) is 28.2. The monoisotopic (exact) mass is 484 g/mol. The lowest BCUT2D eigenvalue weighted by atomic mass is 10.1. The fourth-order valence-corrected chi connectivity index (χ4v) is 3.38. The van der Waals surface area contributed by atoms with Crippen molar-refractivity contribution in [3.63, 3.8) is 0 Å². The molecule has 0 aliphatic rings. The van der Waals surface area contributed by atoms with Gasteiger partial charge in [0.2, 0.25) is 5.91 Å². The van der Waals surface area contributed by atoms with Crippen molar-refractivity contribution in [3.8, 4) is 11.5 Å². The quantitative estimate of drug-likeness (QED) is 0.332.